The molecule has 2 aromatic carbocycles. The first-order valence-electron chi connectivity index (χ1n) is 15.4. The van der Waals surface area contributed by atoms with Crippen LogP contribution in [0.3, 0.4) is 0 Å². The molecule has 1 atom stereocenters. The minimum Gasteiger partial charge on any atom is -0.490 e. The zero-order valence-corrected chi connectivity index (χ0v) is 24.4. The first kappa shape index (κ1) is 29.7. The maximum atomic E-state index is 6.05. The van der Waals surface area contributed by atoms with Crippen molar-refractivity contribution in [2.75, 3.05) is 6.61 Å². The Bertz CT molecular complexity index is 1120. The molecule has 1 aliphatic heterocycles. The van der Waals surface area contributed by atoms with Gasteiger partial charge in [0.1, 0.15) is 12.4 Å². The summed E-state index contributed by atoms with van der Waals surface area (Å²) in [7, 11) is 0. The number of rotatable bonds is 19. The molecule has 4 rings (SSSR count). The molecular formula is C34H46N2O4. The molecule has 0 bridgehead atoms. The third kappa shape index (κ3) is 9.72. The van der Waals surface area contributed by atoms with Crippen LogP contribution in [0.5, 0.6) is 23.0 Å². The van der Waals surface area contributed by atoms with Gasteiger partial charge in [0.2, 0.25) is 6.29 Å². The van der Waals surface area contributed by atoms with Crippen molar-refractivity contribution < 1.29 is 18.9 Å². The summed E-state index contributed by atoms with van der Waals surface area (Å²) in [4.78, 5) is 8.97. The minimum absolute atomic E-state index is 0.173. The van der Waals surface area contributed by atoms with E-state index in [1.165, 1.54) is 64.2 Å². The number of fused-ring (bicyclic) bond motifs is 1. The first-order chi connectivity index (χ1) is 19.7. The lowest BCUT2D eigenvalue weighted by Crippen LogP contribution is -2.17. The molecule has 1 aliphatic rings. The zero-order chi connectivity index (χ0) is 27.8. The summed E-state index contributed by atoms with van der Waals surface area (Å²) in [5.41, 5.74) is 1.99. The van der Waals surface area contributed by atoms with Gasteiger partial charge < -0.3 is 18.9 Å². The molecule has 1 aromatic heterocycles. The van der Waals surface area contributed by atoms with Gasteiger partial charge in [0.25, 0.3) is 0 Å². The number of benzene rings is 2. The fourth-order valence-corrected chi connectivity index (χ4v) is 4.83. The van der Waals surface area contributed by atoms with Gasteiger partial charge in [0.05, 0.1) is 19.0 Å². The van der Waals surface area contributed by atoms with Crippen molar-refractivity contribution in [2.45, 2.75) is 110 Å². The molecule has 0 saturated heterocycles. The summed E-state index contributed by atoms with van der Waals surface area (Å²) in [5, 5.41) is 0. The number of hydrogen-bond acceptors (Lipinski definition) is 6. The molecule has 0 amide bonds. The van der Waals surface area contributed by atoms with Crippen LogP contribution in [-0.2, 0) is 6.61 Å². The summed E-state index contributed by atoms with van der Waals surface area (Å²) in [5.74, 6) is 3.81. The van der Waals surface area contributed by atoms with Gasteiger partial charge in [-0.1, -0.05) is 84.1 Å². The van der Waals surface area contributed by atoms with E-state index in [0.29, 0.717) is 19.0 Å². The van der Waals surface area contributed by atoms with Gasteiger partial charge in [0, 0.05) is 12.0 Å². The Kier molecular flexibility index (Phi) is 12.4. The number of nitrogens with zero attached hydrogens (tertiary/aromatic N) is 2. The summed E-state index contributed by atoms with van der Waals surface area (Å²) in [6, 6.07) is 13.9. The molecule has 2 heterocycles. The molecule has 0 spiro atoms. The zero-order valence-electron chi connectivity index (χ0n) is 24.4. The number of unbranched alkanes of at least 4 members (excludes halogenated alkanes) is 10. The summed E-state index contributed by atoms with van der Waals surface area (Å²) in [6.45, 7) is 5.65. The second kappa shape index (κ2) is 16.7. The van der Waals surface area contributed by atoms with Crippen LogP contribution >= 0.6 is 0 Å². The van der Waals surface area contributed by atoms with E-state index in [1.807, 2.05) is 42.5 Å². The average molecular weight is 547 g/mol. The fraction of sp³-hybridized carbons (Fsp3) is 0.529. The van der Waals surface area contributed by atoms with Crippen molar-refractivity contribution in [2.24, 2.45) is 0 Å². The van der Waals surface area contributed by atoms with Crippen LogP contribution in [0.25, 0.3) is 11.4 Å². The van der Waals surface area contributed by atoms with Crippen molar-refractivity contribution in [3.05, 3.63) is 60.4 Å². The van der Waals surface area contributed by atoms with Gasteiger partial charge in [0.15, 0.2) is 23.1 Å². The highest BCUT2D eigenvalue weighted by Crippen LogP contribution is 2.37. The Balaban J connectivity index is 1.17. The van der Waals surface area contributed by atoms with Crippen LogP contribution < -0.4 is 18.9 Å². The molecule has 6 heteroatoms. The predicted molar refractivity (Wildman–Crippen MR) is 160 cm³/mol. The smallest absolute Gasteiger partial charge is 0.241 e. The number of ether oxygens (including phenoxy) is 4. The average Bonchev–Trinajstić information content (AvgIpc) is 3.40. The van der Waals surface area contributed by atoms with E-state index in [-0.39, 0.29) is 6.29 Å². The number of aromatic nitrogens is 2. The van der Waals surface area contributed by atoms with Gasteiger partial charge in [-0.25, -0.2) is 9.97 Å². The summed E-state index contributed by atoms with van der Waals surface area (Å²) in [6.07, 6.45) is 19.3. The standard InChI is InChI=1S/C34H46N2O4/c1-3-5-7-9-11-13-15-33-39-31-21-16-27(23-32(31)40-33)26-38-29-19-17-28(18-20-29)34-35-24-30(25-36-34)37-22-14-12-10-8-6-4-2/h16-21,23-25,33H,3-15,22,26H2,1-2H3. The Hall–Kier alpha value is -3.28. The lowest BCUT2D eigenvalue weighted by molar-refractivity contribution is 0.0395. The fourth-order valence-electron chi connectivity index (χ4n) is 4.83. The van der Waals surface area contributed by atoms with Crippen molar-refractivity contribution in [1.29, 1.82) is 0 Å². The molecule has 3 aromatic rings. The lowest BCUT2D eigenvalue weighted by atomic mass is 10.1. The molecular weight excluding hydrogens is 500 g/mol. The molecule has 0 aliphatic carbocycles. The molecule has 216 valence electrons. The summed E-state index contributed by atoms with van der Waals surface area (Å²) >= 11 is 0. The molecule has 0 N–H and O–H groups in total. The van der Waals surface area contributed by atoms with Gasteiger partial charge in [-0.3, -0.25) is 0 Å². The van der Waals surface area contributed by atoms with Gasteiger partial charge in [-0.05, 0) is 54.8 Å². The van der Waals surface area contributed by atoms with Gasteiger partial charge >= 0.3 is 0 Å². The van der Waals surface area contributed by atoms with E-state index in [1.54, 1.807) is 12.4 Å². The van der Waals surface area contributed by atoms with E-state index >= 15 is 0 Å². The maximum Gasteiger partial charge on any atom is 0.241 e. The molecule has 1 unspecified atom stereocenters. The molecule has 6 nitrogen and oxygen atoms in total. The van der Waals surface area contributed by atoms with Crippen LogP contribution in [0.1, 0.15) is 103 Å². The second-order valence-electron chi connectivity index (χ2n) is 10.7. The number of hydrogen-bond donors (Lipinski definition) is 0. The van der Waals surface area contributed by atoms with Gasteiger partial charge in [-0.15, -0.1) is 0 Å². The third-order valence-corrected chi connectivity index (χ3v) is 7.23. The Labute approximate surface area is 240 Å². The van der Waals surface area contributed by atoms with Crippen LogP contribution in [0.15, 0.2) is 54.9 Å². The Morgan fingerprint density at radius 3 is 2.02 bits per heavy atom. The molecule has 0 fully saturated rings. The lowest BCUT2D eigenvalue weighted by Gasteiger charge is -2.09. The highest BCUT2D eigenvalue weighted by atomic mass is 16.7. The highest BCUT2D eigenvalue weighted by molar-refractivity contribution is 5.56. The van der Waals surface area contributed by atoms with Crippen LogP contribution in [0.2, 0.25) is 0 Å². The SMILES string of the molecule is CCCCCCCCOc1cnc(-c2ccc(OCc3ccc4c(c3)OC(CCCCCCCC)O4)cc2)nc1. The van der Waals surface area contributed by atoms with Crippen molar-refractivity contribution in [3.63, 3.8) is 0 Å². The normalized spacial score (nSPS) is 13.9. The van der Waals surface area contributed by atoms with Crippen LogP contribution in [0, 0.1) is 0 Å². The topological polar surface area (TPSA) is 62.7 Å². The van der Waals surface area contributed by atoms with Crippen molar-refractivity contribution in [1.82, 2.24) is 9.97 Å². The minimum atomic E-state index is -0.173. The van der Waals surface area contributed by atoms with E-state index in [4.69, 9.17) is 18.9 Å². The largest absolute Gasteiger partial charge is 0.490 e. The van der Waals surface area contributed by atoms with Crippen molar-refractivity contribution in [3.8, 4) is 34.4 Å². The quantitative estimate of drug-likeness (QED) is 0.140. The monoisotopic (exact) mass is 546 g/mol. The van der Waals surface area contributed by atoms with Crippen LogP contribution in [0.4, 0.5) is 0 Å². The third-order valence-electron chi connectivity index (χ3n) is 7.23. The maximum absolute atomic E-state index is 6.05. The second-order valence-corrected chi connectivity index (χ2v) is 10.7. The Morgan fingerprint density at radius 1 is 0.650 bits per heavy atom. The first-order valence-corrected chi connectivity index (χ1v) is 15.4. The molecule has 40 heavy (non-hydrogen) atoms. The van der Waals surface area contributed by atoms with Crippen LogP contribution in [-0.4, -0.2) is 22.9 Å². The van der Waals surface area contributed by atoms with E-state index in [9.17, 15) is 0 Å². The van der Waals surface area contributed by atoms with E-state index < -0.39 is 0 Å². The van der Waals surface area contributed by atoms with E-state index in [0.717, 1.165) is 53.4 Å². The Morgan fingerprint density at radius 2 is 1.30 bits per heavy atom. The van der Waals surface area contributed by atoms with E-state index in [2.05, 4.69) is 23.8 Å². The molecule has 0 radical (unpaired) electrons. The van der Waals surface area contributed by atoms with Crippen molar-refractivity contribution >= 4 is 0 Å². The predicted octanol–water partition coefficient (Wildman–Crippen LogP) is 9.31. The van der Waals surface area contributed by atoms with Gasteiger partial charge in [-0.2, -0.15) is 0 Å². The summed E-state index contributed by atoms with van der Waals surface area (Å²) < 4.78 is 23.8. The molecule has 0 saturated carbocycles. The highest BCUT2D eigenvalue weighted by Gasteiger charge is 2.23.